The normalized spacial score (nSPS) is 20.3. The topological polar surface area (TPSA) is 21.3 Å². The van der Waals surface area contributed by atoms with E-state index in [1.807, 2.05) is 0 Å². The number of hydrogen-bond acceptors (Lipinski definition) is 2. The van der Waals surface area contributed by atoms with E-state index in [9.17, 15) is 13.2 Å². The summed E-state index contributed by atoms with van der Waals surface area (Å²) in [6.07, 6.45) is -0.193. The maximum Gasteiger partial charge on any atom is 0.419 e. The van der Waals surface area contributed by atoms with Gasteiger partial charge in [0.15, 0.2) is 0 Å². The lowest BCUT2D eigenvalue weighted by molar-refractivity contribution is -0.139. The van der Waals surface area contributed by atoms with E-state index >= 15 is 0 Å². The molecule has 0 aliphatic carbocycles. The third kappa shape index (κ3) is 4.13. The minimum absolute atomic E-state index is 0.0780. The zero-order valence-corrected chi connectivity index (χ0v) is 10.7. The Kier molecular flexibility index (Phi) is 4.69. The number of nitrogens with one attached hydrogen (secondary N) is 1. The summed E-state index contributed by atoms with van der Waals surface area (Å²) in [5, 5.41) is 3.35. The summed E-state index contributed by atoms with van der Waals surface area (Å²) in [6.45, 7) is 1.30. The first-order chi connectivity index (χ1) is 9.07. The molecule has 0 bridgehead atoms. The van der Waals surface area contributed by atoms with Crippen molar-refractivity contribution >= 4 is 0 Å². The lowest BCUT2D eigenvalue weighted by Gasteiger charge is -2.23. The largest absolute Gasteiger partial charge is 0.493 e. The van der Waals surface area contributed by atoms with Crippen LogP contribution in [0.25, 0.3) is 0 Å². The second-order valence-electron chi connectivity index (χ2n) is 4.78. The lowest BCUT2D eigenvalue weighted by atomic mass is 10.0. The number of ether oxygens (including phenoxy) is 1. The molecule has 0 saturated carbocycles. The molecule has 1 aromatic rings. The number of para-hydroxylation sites is 1. The Hall–Kier alpha value is -1.23. The summed E-state index contributed by atoms with van der Waals surface area (Å²) in [4.78, 5) is 0. The Morgan fingerprint density at radius 1 is 1.21 bits per heavy atom. The van der Waals surface area contributed by atoms with Crippen molar-refractivity contribution in [2.45, 2.75) is 37.9 Å². The van der Waals surface area contributed by atoms with Gasteiger partial charge in [-0.2, -0.15) is 13.2 Å². The van der Waals surface area contributed by atoms with E-state index in [4.69, 9.17) is 4.74 Å². The highest BCUT2D eigenvalue weighted by molar-refractivity contribution is 5.35. The highest BCUT2D eigenvalue weighted by Crippen LogP contribution is 2.35. The van der Waals surface area contributed by atoms with Gasteiger partial charge in [0.05, 0.1) is 12.2 Å². The van der Waals surface area contributed by atoms with Gasteiger partial charge in [-0.25, -0.2) is 0 Å². The number of piperidine rings is 1. The maximum absolute atomic E-state index is 12.7. The van der Waals surface area contributed by atoms with Gasteiger partial charge in [0.2, 0.25) is 0 Å². The van der Waals surface area contributed by atoms with Gasteiger partial charge in [-0.15, -0.1) is 0 Å². The van der Waals surface area contributed by atoms with Crippen LogP contribution in [-0.2, 0) is 6.18 Å². The van der Waals surface area contributed by atoms with Crippen molar-refractivity contribution in [2.75, 3.05) is 13.2 Å². The fraction of sp³-hybridized carbons (Fsp3) is 0.571. The average molecular weight is 273 g/mol. The Bertz CT molecular complexity index is 400. The van der Waals surface area contributed by atoms with Crippen LogP contribution in [0.5, 0.6) is 5.75 Å². The fourth-order valence-electron chi connectivity index (χ4n) is 2.31. The quantitative estimate of drug-likeness (QED) is 0.904. The second kappa shape index (κ2) is 6.28. The summed E-state index contributed by atoms with van der Waals surface area (Å²) >= 11 is 0. The van der Waals surface area contributed by atoms with E-state index in [0.29, 0.717) is 12.6 Å². The predicted molar refractivity (Wildman–Crippen MR) is 67.2 cm³/mol. The van der Waals surface area contributed by atoms with Crippen molar-refractivity contribution in [1.29, 1.82) is 0 Å². The minimum Gasteiger partial charge on any atom is -0.493 e. The zero-order valence-electron chi connectivity index (χ0n) is 10.7. The molecule has 0 unspecified atom stereocenters. The van der Waals surface area contributed by atoms with E-state index in [0.717, 1.165) is 25.5 Å². The Balaban J connectivity index is 1.88. The third-order valence-electron chi connectivity index (χ3n) is 3.33. The van der Waals surface area contributed by atoms with Crippen molar-refractivity contribution in [3.05, 3.63) is 29.8 Å². The number of hydrogen-bond donors (Lipinski definition) is 1. The second-order valence-corrected chi connectivity index (χ2v) is 4.78. The van der Waals surface area contributed by atoms with Crippen LogP contribution in [0.4, 0.5) is 13.2 Å². The number of benzene rings is 1. The van der Waals surface area contributed by atoms with E-state index in [-0.39, 0.29) is 5.75 Å². The molecule has 1 aromatic carbocycles. The molecule has 1 aliphatic rings. The molecule has 1 aliphatic heterocycles. The van der Waals surface area contributed by atoms with Crippen molar-refractivity contribution in [1.82, 2.24) is 5.32 Å². The van der Waals surface area contributed by atoms with Gasteiger partial charge < -0.3 is 10.1 Å². The Morgan fingerprint density at radius 2 is 2.00 bits per heavy atom. The monoisotopic (exact) mass is 273 g/mol. The molecule has 19 heavy (non-hydrogen) atoms. The predicted octanol–water partition coefficient (Wildman–Crippen LogP) is 3.62. The van der Waals surface area contributed by atoms with Crippen LogP contribution in [0.1, 0.15) is 31.2 Å². The van der Waals surface area contributed by atoms with Crippen LogP contribution in [-0.4, -0.2) is 19.2 Å². The minimum atomic E-state index is -4.36. The van der Waals surface area contributed by atoms with Gasteiger partial charge >= 0.3 is 6.18 Å². The smallest absolute Gasteiger partial charge is 0.419 e. The van der Waals surface area contributed by atoms with E-state index in [1.54, 1.807) is 6.07 Å². The molecule has 1 heterocycles. The maximum atomic E-state index is 12.7. The first kappa shape index (κ1) is 14.2. The molecule has 0 spiro atoms. The molecule has 0 amide bonds. The molecule has 1 atom stereocenters. The molecule has 1 N–H and O–H groups in total. The molecule has 0 aromatic heterocycles. The number of alkyl halides is 3. The van der Waals surface area contributed by atoms with Crippen molar-refractivity contribution < 1.29 is 17.9 Å². The molecule has 2 rings (SSSR count). The molecular weight excluding hydrogens is 255 g/mol. The van der Waals surface area contributed by atoms with E-state index < -0.39 is 11.7 Å². The molecule has 1 saturated heterocycles. The van der Waals surface area contributed by atoms with Crippen LogP contribution < -0.4 is 10.1 Å². The van der Waals surface area contributed by atoms with Crippen LogP contribution in [0, 0.1) is 0 Å². The summed E-state index contributed by atoms with van der Waals surface area (Å²) < 4.78 is 43.5. The summed E-state index contributed by atoms with van der Waals surface area (Å²) in [5.74, 6) is -0.0780. The first-order valence-electron chi connectivity index (χ1n) is 6.60. The number of rotatable bonds is 4. The van der Waals surface area contributed by atoms with Crippen molar-refractivity contribution in [3.8, 4) is 5.75 Å². The van der Waals surface area contributed by atoms with E-state index in [2.05, 4.69) is 5.32 Å². The third-order valence-corrected chi connectivity index (χ3v) is 3.33. The summed E-state index contributed by atoms with van der Waals surface area (Å²) in [5.41, 5.74) is -0.702. The number of halogens is 3. The summed E-state index contributed by atoms with van der Waals surface area (Å²) in [6, 6.07) is 5.72. The van der Waals surface area contributed by atoms with Gasteiger partial charge in [-0.1, -0.05) is 18.6 Å². The van der Waals surface area contributed by atoms with Gasteiger partial charge in [0.1, 0.15) is 5.75 Å². The van der Waals surface area contributed by atoms with Crippen molar-refractivity contribution in [3.63, 3.8) is 0 Å². The average Bonchev–Trinajstić information content (AvgIpc) is 2.39. The van der Waals surface area contributed by atoms with Gasteiger partial charge in [-0.3, -0.25) is 0 Å². The van der Waals surface area contributed by atoms with Crippen molar-refractivity contribution in [2.24, 2.45) is 0 Å². The molecule has 2 nitrogen and oxygen atoms in total. The molecular formula is C14H18F3NO. The molecule has 1 fully saturated rings. The molecule has 106 valence electrons. The standard InChI is InChI=1S/C14H18F3NO/c15-14(16,17)12-6-1-2-7-13(12)19-10-8-11-5-3-4-9-18-11/h1-2,6-7,11,18H,3-5,8-10H2/t11-/m0/s1. The molecule has 5 heteroatoms. The molecule has 0 radical (unpaired) electrons. The Morgan fingerprint density at radius 3 is 2.68 bits per heavy atom. The summed E-state index contributed by atoms with van der Waals surface area (Å²) in [7, 11) is 0. The van der Waals surface area contributed by atoms with Gasteiger partial charge in [-0.05, 0) is 37.9 Å². The van der Waals surface area contributed by atoms with Gasteiger partial charge in [0.25, 0.3) is 0 Å². The highest BCUT2D eigenvalue weighted by atomic mass is 19.4. The van der Waals surface area contributed by atoms with E-state index in [1.165, 1.54) is 25.0 Å². The van der Waals surface area contributed by atoms with Crippen LogP contribution in [0.2, 0.25) is 0 Å². The van der Waals surface area contributed by atoms with Gasteiger partial charge in [0, 0.05) is 6.04 Å². The zero-order chi connectivity index (χ0) is 13.7. The van der Waals surface area contributed by atoms with Crippen LogP contribution in [0.3, 0.4) is 0 Å². The highest BCUT2D eigenvalue weighted by Gasteiger charge is 2.33. The first-order valence-corrected chi connectivity index (χ1v) is 6.60. The van der Waals surface area contributed by atoms with Crippen LogP contribution >= 0.6 is 0 Å². The fourth-order valence-corrected chi connectivity index (χ4v) is 2.31. The lowest BCUT2D eigenvalue weighted by Crippen LogP contribution is -2.35. The Labute approximate surface area is 111 Å². The SMILES string of the molecule is FC(F)(F)c1ccccc1OCC[C@@H]1CCCCN1. The van der Waals surface area contributed by atoms with Crippen LogP contribution in [0.15, 0.2) is 24.3 Å².